The Balaban J connectivity index is 1.68. The quantitative estimate of drug-likeness (QED) is 0.794. The third-order valence-electron chi connectivity index (χ3n) is 3.17. The summed E-state index contributed by atoms with van der Waals surface area (Å²) >= 11 is 0. The highest BCUT2D eigenvalue weighted by Gasteiger charge is 2.16. The van der Waals surface area contributed by atoms with Crippen molar-refractivity contribution in [1.29, 1.82) is 0 Å². The summed E-state index contributed by atoms with van der Waals surface area (Å²) < 4.78 is 2.30. The van der Waals surface area contributed by atoms with E-state index in [-0.39, 0.29) is 5.54 Å². The molecule has 0 bridgehead atoms. The third kappa shape index (κ3) is 3.53. The molecule has 96 valence electrons. The number of nitrogens with zero attached hydrogens (tertiary/aromatic N) is 3. The number of hydrogen-bond acceptors (Lipinski definition) is 3. The summed E-state index contributed by atoms with van der Waals surface area (Å²) in [5.74, 6) is 2.38. The second kappa shape index (κ2) is 5.17. The molecule has 4 heteroatoms. The van der Waals surface area contributed by atoms with Crippen LogP contribution in [0.15, 0.2) is 0 Å². The van der Waals surface area contributed by atoms with Crippen molar-refractivity contribution >= 4 is 0 Å². The molecule has 2 rings (SSSR count). The van der Waals surface area contributed by atoms with Crippen molar-refractivity contribution in [2.75, 3.05) is 6.54 Å². The first-order chi connectivity index (χ1) is 8.06. The van der Waals surface area contributed by atoms with E-state index in [1.165, 1.54) is 30.9 Å². The van der Waals surface area contributed by atoms with E-state index in [2.05, 4.69) is 40.9 Å². The van der Waals surface area contributed by atoms with Gasteiger partial charge in [-0.05, 0) is 46.6 Å². The summed E-state index contributed by atoms with van der Waals surface area (Å²) in [5.41, 5.74) is 0.232. The summed E-state index contributed by atoms with van der Waals surface area (Å²) in [6.45, 7) is 8.83. The van der Waals surface area contributed by atoms with Crippen LogP contribution in [0.5, 0.6) is 0 Å². The fraction of sp³-hybridized carbons (Fsp3) is 0.846. The van der Waals surface area contributed by atoms with E-state index in [9.17, 15) is 0 Å². The van der Waals surface area contributed by atoms with Crippen LogP contribution >= 0.6 is 0 Å². The van der Waals surface area contributed by atoms with Crippen molar-refractivity contribution in [2.24, 2.45) is 0 Å². The first-order valence-electron chi connectivity index (χ1n) is 6.72. The number of fused-ring (bicyclic) bond motifs is 1. The maximum Gasteiger partial charge on any atom is 0.133 e. The Morgan fingerprint density at radius 1 is 1.24 bits per heavy atom. The Labute approximate surface area is 104 Å². The topological polar surface area (TPSA) is 42.7 Å². The zero-order valence-electron chi connectivity index (χ0n) is 11.3. The Bertz CT molecular complexity index is 362. The maximum absolute atomic E-state index is 4.28. The van der Waals surface area contributed by atoms with Crippen LogP contribution in [-0.4, -0.2) is 26.8 Å². The lowest BCUT2D eigenvalue weighted by molar-refractivity contribution is 0.418. The van der Waals surface area contributed by atoms with Crippen LogP contribution in [0, 0.1) is 0 Å². The molecule has 0 radical (unpaired) electrons. The SMILES string of the molecule is CC(C)(C)NCCCCc1nnc2n1CCC2. The highest BCUT2D eigenvalue weighted by Crippen LogP contribution is 2.15. The van der Waals surface area contributed by atoms with Crippen molar-refractivity contribution in [1.82, 2.24) is 20.1 Å². The zero-order chi connectivity index (χ0) is 12.3. The predicted molar refractivity (Wildman–Crippen MR) is 69.0 cm³/mol. The van der Waals surface area contributed by atoms with Crippen LogP contribution in [0.1, 0.15) is 51.7 Å². The number of aromatic nitrogens is 3. The average molecular weight is 236 g/mol. The summed E-state index contributed by atoms with van der Waals surface area (Å²) in [6.07, 6.45) is 5.82. The van der Waals surface area contributed by atoms with Gasteiger partial charge in [-0.15, -0.1) is 10.2 Å². The van der Waals surface area contributed by atoms with E-state index in [1.54, 1.807) is 0 Å². The van der Waals surface area contributed by atoms with Gasteiger partial charge in [0.2, 0.25) is 0 Å². The summed E-state index contributed by atoms with van der Waals surface area (Å²) in [5, 5.41) is 12.0. The molecule has 0 aliphatic carbocycles. The third-order valence-corrected chi connectivity index (χ3v) is 3.17. The molecule has 1 aliphatic heterocycles. The average Bonchev–Trinajstić information content (AvgIpc) is 2.79. The van der Waals surface area contributed by atoms with Crippen LogP contribution in [0.4, 0.5) is 0 Å². The molecule has 0 fully saturated rings. The molecule has 17 heavy (non-hydrogen) atoms. The van der Waals surface area contributed by atoms with Gasteiger partial charge in [-0.1, -0.05) is 0 Å². The number of aryl methyl sites for hydroxylation is 2. The van der Waals surface area contributed by atoms with Gasteiger partial charge in [0, 0.05) is 24.9 Å². The molecule has 1 N–H and O–H groups in total. The normalized spacial score (nSPS) is 15.2. The Morgan fingerprint density at radius 2 is 2.06 bits per heavy atom. The van der Waals surface area contributed by atoms with Gasteiger partial charge < -0.3 is 9.88 Å². The molecule has 1 aromatic rings. The molecule has 1 aromatic heterocycles. The zero-order valence-corrected chi connectivity index (χ0v) is 11.3. The molecule has 0 aromatic carbocycles. The second-order valence-electron chi connectivity index (χ2n) is 5.92. The lowest BCUT2D eigenvalue weighted by Gasteiger charge is -2.20. The molecule has 0 unspecified atom stereocenters. The number of nitrogens with one attached hydrogen (secondary N) is 1. The molecular formula is C13H24N4. The molecule has 0 amide bonds. The minimum Gasteiger partial charge on any atom is -0.315 e. The summed E-state index contributed by atoms with van der Waals surface area (Å²) in [4.78, 5) is 0. The van der Waals surface area contributed by atoms with E-state index >= 15 is 0 Å². The molecule has 1 aliphatic rings. The van der Waals surface area contributed by atoms with Gasteiger partial charge in [-0.2, -0.15) is 0 Å². The molecule has 0 saturated heterocycles. The second-order valence-corrected chi connectivity index (χ2v) is 5.92. The lowest BCUT2D eigenvalue weighted by Crippen LogP contribution is -2.36. The van der Waals surface area contributed by atoms with Gasteiger partial charge in [0.1, 0.15) is 11.6 Å². The van der Waals surface area contributed by atoms with Crippen molar-refractivity contribution in [3.8, 4) is 0 Å². The Hall–Kier alpha value is -0.900. The van der Waals surface area contributed by atoms with Crippen LogP contribution in [0.2, 0.25) is 0 Å². The number of rotatable bonds is 5. The standard InChI is InChI=1S/C13H24N4/c1-13(2,3)14-9-5-4-7-11-15-16-12-8-6-10-17(11)12/h14H,4-10H2,1-3H3. The van der Waals surface area contributed by atoms with Gasteiger partial charge >= 0.3 is 0 Å². The van der Waals surface area contributed by atoms with E-state index < -0.39 is 0 Å². The van der Waals surface area contributed by atoms with Crippen LogP contribution in [0.3, 0.4) is 0 Å². The minimum absolute atomic E-state index is 0.232. The van der Waals surface area contributed by atoms with Crippen LogP contribution in [0.25, 0.3) is 0 Å². The molecular weight excluding hydrogens is 212 g/mol. The van der Waals surface area contributed by atoms with Crippen molar-refractivity contribution < 1.29 is 0 Å². The van der Waals surface area contributed by atoms with E-state index in [1.807, 2.05) is 0 Å². The van der Waals surface area contributed by atoms with E-state index in [0.29, 0.717) is 0 Å². The fourth-order valence-electron chi connectivity index (χ4n) is 2.27. The van der Waals surface area contributed by atoms with Gasteiger partial charge in [-0.25, -0.2) is 0 Å². The van der Waals surface area contributed by atoms with Gasteiger partial charge in [0.25, 0.3) is 0 Å². The largest absolute Gasteiger partial charge is 0.315 e. The maximum atomic E-state index is 4.28. The molecule has 0 spiro atoms. The molecule has 0 atom stereocenters. The van der Waals surface area contributed by atoms with Gasteiger partial charge in [0.15, 0.2) is 0 Å². The smallest absolute Gasteiger partial charge is 0.133 e. The van der Waals surface area contributed by atoms with E-state index in [4.69, 9.17) is 0 Å². The Kier molecular flexibility index (Phi) is 3.82. The Morgan fingerprint density at radius 3 is 2.82 bits per heavy atom. The van der Waals surface area contributed by atoms with Gasteiger partial charge in [-0.3, -0.25) is 0 Å². The van der Waals surface area contributed by atoms with Crippen molar-refractivity contribution in [3.63, 3.8) is 0 Å². The first-order valence-corrected chi connectivity index (χ1v) is 6.72. The molecule has 0 saturated carbocycles. The van der Waals surface area contributed by atoms with Crippen molar-refractivity contribution in [2.45, 2.75) is 65.0 Å². The minimum atomic E-state index is 0.232. The number of unbranched alkanes of at least 4 members (excludes halogenated alkanes) is 1. The first kappa shape index (κ1) is 12.6. The highest BCUT2D eigenvalue weighted by atomic mass is 15.3. The summed E-state index contributed by atoms with van der Waals surface area (Å²) in [7, 11) is 0. The predicted octanol–water partition coefficient (Wildman–Crippen LogP) is 1.94. The highest BCUT2D eigenvalue weighted by molar-refractivity contribution is 5.00. The fourth-order valence-corrected chi connectivity index (χ4v) is 2.27. The molecule has 2 heterocycles. The van der Waals surface area contributed by atoms with Gasteiger partial charge in [0.05, 0.1) is 0 Å². The monoisotopic (exact) mass is 236 g/mol. The molecule has 4 nitrogen and oxygen atoms in total. The number of hydrogen-bond donors (Lipinski definition) is 1. The van der Waals surface area contributed by atoms with E-state index in [0.717, 1.165) is 25.9 Å². The van der Waals surface area contributed by atoms with Crippen LogP contribution < -0.4 is 5.32 Å². The lowest BCUT2D eigenvalue weighted by atomic mass is 10.1. The van der Waals surface area contributed by atoms with Crippen molar-refractivity contribution in [3.05, 3.63) is 11.6 Å². The van der Waals surface area contributed by atoms with Crippen LogP contribution in [-0.2, 0) is 19.4 Å². The summed E-state index contributed by atoms with van der Waals surface area (Å²) in [6, 6.07) is 0.